The molecule has 0 aliphatic carbocycles. The van der Waals surface area contributed by atoms with Gasteiger partial charge in [0.1, 0.15) is 17.3 Å². The summed E-state index contributed by atoms with van der Waals surface area (Å²) < 4.78 is 4.31. The fourth-order valence-electron chi connectivity index (χ4n) is 2.04. The van der Waals surface area contributed by atoms with E-state index in [2.05, 4.69) is 24.6 Å². The fraction of sp³-hybridized carbons (Fsp3) is 0.188. The van der Waals surface area contributed by atoms with Crippen molar-refractivity contribution in [1.82, 2.24) is 19.3 Å². The highest BCUT2D eigenvalue weighted by atomic mass is 32.1. The number of hydrogen-bond acceptors (Lipinski definition) is 7. The monoisotopic (exact) mass is 325 g/mol. The van der Waals surface area contributed by atoms with E-state index in [-0.39, 0.29) is 5.78 Å². The molecule has 0 atom stereocenters. The third-order valence-electron chi connectivity index (χ3n) is 3.17. The molecule has 0 radical (unpaired) electrons. The van der Waals surface area contributed by atoms with E-state index in [4.69, 9.17) is 0 Å². The van der Waals surface area contributed by atoms with E-state index in [1.807, 2.05) is 31.2 Å². The molecule has 0 bridgehead atoms. The molecule has 0 aromatic carbocycles. The average Bonchev–Trinajstić information content (AvgIpc) is 2.98. The number of carbonyl (C=O) groups excluding carboxylic acids is 1. The van der Waals surface area contributed by atoms with Crippen LogP contribution in [0.15, 0.2) is 36.7 Å². The van der Waals surface area contributed by atoms with Gasteiger partial charge in [0.2, 0.25) is 5.13 Å². The van der Waals surface area contributed by atoms with Crippen LogP contribution in [-0.2, 0) is 11.2 Å². The molecule has 0 spiro atoms. The Bertz CT molecular complexity index is 828. The third-order valence-corrected chi connectivity index (χ3v) is 3.80. The van der Waals surface area contributed by atoms with Crippen molar-refractivity contribution >= 4 is 28.3 Å². The largest absolute Gasteiger partial charge is 0.315 e. The summed E-state index contributed by atoms with van der Waals surface area (Å²) >= 11 is 1.26. The first-order chi connectivity index (χ1) is 11.1. The van der Waals surface area contributed by atoms with Crippen molar-refractivity contribution in [1.29, 1.82) is 0 Å². The van der Waals surface area contributed by atoms with Crippen molar-refractivity contribution < 1.29 is 4.79 Å². The Morgan fingerprint density at radius 1 is 1.26 bits per heavy atom. The minimum absolute atomic E-state index is 0.114. The van der Waals surface area contributed by atoms with Crippen LogP contribution in [0.3, 0.4) is 0 Å². The predicted molar refractivity (Wildman–Crippen MR) is 89.8 cm³/mol. The van der Waals surface area contributed by atoms with Gasteiger partial charge in [-0.1, -0.05) is 12.1 Å². The van der Waals surface area contributed by atoms with Crippen molar-refractivity contribution in [3.8, 4) is 11.5 Å². The lowest BCUT2D eigenvalue weighted by Crippen LogP contribution is -1.97. The zero-order valence-electron chi connectivity index (χ0n) is 12.8. The van der Waals surface area contributed by atoms with Crippen LogP contribution in [0.4, 0.5) is 10.9 Å². The van der Waals surface area contributed by atoms with Crippen LogP contribution in [0, 0.1) is 6.92 Å². The minimum Gasteiger partial charge on any atom is -0.315 e. The quantitative estimate of drug-likeness (QED) is 0.776. The molecule has 0 aliphatic heterocycles. The first-order valence-corrected chi connectivity index (χ1v) is 7.86. The van der Waals surface area contributed by atoms with Gasteiger partial charge in [-0.15, -0.1) is 0 Å². The zero-order chi connectivity index (χ0) is 16.2. The van der Waals surface area contributed by atoms with Crippen LogP contribution >= 0.6 is 11.5 Å². The van der Waals surface area contributed by atoms with E-state index in [0.29, 0.717) is 23.1 Å². The maximum atomic E-state index is 11.1. The molecule has 0 saturated carbocycles. The van der Waals surface area contributed by atoms with Crippen molar-refractivity contribution in [3.63, 3.8) is 0 Å². The first-order valence-electron chi connectivity index (χ1n) is 7.09. The van der Waals surface area contributed by atoms with Crippen LogP contribution in [0.25, 0.3) is 11.5 Å². The summed E-state index contributed by atoms with van der Waals surface area (Å²) in [6.45, 7) is 3.54. The molecule has 0 fully saturated rings. The zero-order valence-corrected chi connectivity index (χ0v) is 13.6. The standard InChI is InChI=1S/C16H15N5OS/c1-10-4-3-7-17-14(10)19-16-20-15(21-23-16)13-6-5-12(9-18-13)8-11(2)22/h3-7,9H,8H2,1-2H3,(H,17,19,20,21). The van der Waals surface area contributed by atoms with Crippen LogP contribution in [0.5, 0.6) is 0 Å². The van der Waals surface area contributed by atoms with Gasteiger partial charge < -0.3 is 5.32 Å². The highest BCUT2D eigenvalue weighted by molar-refractivity contribution is 7.09. The number of carbonyl (C=O) groups is 1. The molecular formula is C16H15N5OS. The second-order valence-corrected chi connectivity index (χ2v) is 5.90. The minimum atomic E-state index is 0.114. The molecule has 6 nitrogen and oxygen atoms in total. The lowest BCUT2D eigenvalue weighted by molar-refractivity contribution is -0.116. The van der Waals surface area contributed by atoms with E-state index in [9.17, 15) is 4.79 Å². The molecule has 0 saturated heterocycles. The SMILES string of the molecule is CC(=O)Cc1ccc(-c2nsc(Nc3ncccc3C)n2)nc1. The molecule has 1 N–H and O–H groups in total. The molecule has 3 heterocycles. The maximum absolute atomic E-state index is 11.1. The van der Waals surface area contributed by atoms with Gasteiger partial charge in [0.15, 0.2) is 5.82 Å². The van der Waals surface area contributed by atoms with Gasteiger partial charge in [0.05, 0.1) is 0 Å². The number of ketones is 1. The van der Waals surface area contributed by atoms with Gasteiger partial charge in [-0.05, 0) is 37.1 Å². The van der Waals surface area contributed by atoms with E-state index in [1.165, 1.54) is 11.5 Å². The molecule has 3 aromatic rings. The van der Waals surface area contributed by atoms with E-state index in [0.717, 1.165) is 16.9 Å². The van der Waals surface area contributed by atoms with E-state index in [1.54, 1.807) is 19.3 Å². The van der Waals surface area contributed by atoms with Crippen LogP contribution in [0.1, 0.15) is 18.1 Å². The van der Waals surface area contributed by atoms with Crippen molar-refractivity contribution in [3.05, 3.63) is 47.8 Å². The number of hydrogen-bond donors (Lipinski definition) is 1. The number of anilines is 2. The molecule has 116 valence electrons. The molecule has 7 heteroatoms. The number of pyridine rings is 2. The summed E-state index contributed by atoms with van der Waals surface area (Å²) in [6.07, 6.45) is 3.81. The number of nitrogens with zero attached hydrogens (tertiary/aromatic N) is 4. The summed E-state index contributed by atoms with van der Waals surface area (Å²) in [5.41, 5.74) is 2.61. The van der Waals surface area contributed by atoms with Gasteiger partial charge in [0.25, 0.3) is 0 Å². The Hall–Kier alpha value is -2.67. The summed E-state index contributed by atoms with van der Waals surface area (Å²) in [5.74, 6) is 1.43. The van der Waals surface area contributed by atoms with E-state index < -0.39 is 0 Å². The topological polar surface area (TPSA) is 80.7 Å². The van der Waals surface area contributed by atoms with Gasteiger partial charge in [-0.25, -0.2) is 4.98 Å². The predicted octanol–water partition coefficient (Wildman–Crippen LogP) is 3.18. The molecule has 0 aliphatic rings. The molecule has 23 heavy (non-hydrogen) atoms. The maximum Gasteiger partial charge on any atom is 0.208 e. The fourth-order valence-corrected chi connectivity index (χ4v) is 2.62. The van der Waals surface area contributed by atoms with Crippen molar-refractivity contribution in [2.75, 3.05) is 5.32 Å². The number of Topliss-reactive ketones (excluding diaryl/α,β-unsaturated/α-hetero) is 1. The van der Waals surface area contributed by atoms with Crippen molar-refractivity contribution in [2.45, 2.75) is 20.3 Å². The third kappa shape index (κ3) is 3.75. The molecule has 0 unspecified atom stereocenters. The van der Waals surface area contributed by atoms with Crippen molar-refractivity contribution in [2.24, 2.45) is 0 Å². The summed E-state index contributed by atoms with van der Waals surface area (Å²) in [6, 6.07) is 7.57. The van der Waals surface area contributed by atoms with E-state index >= 15 is 0 Å². The first kappa shape index (κ1) is 15.2. The van der Waals surface area contributed by atoms with Gasteiger partial charge >= 0.3 is 0 Å². The van der Waals surface area contributed by atoms with Crippen LogP contribution in [-0.4, -0.2) is 25.1 Å². The van der Waals surface area contributed by atoms with Gasteiger partial charge in [-0.2, -0.15) is 9.36 Å². The lowest BCUT2D eigenvalue weighted by atomic mass is 10.1. The number of aryl methyl sites for hydroxylation is 1. The van der Waals surface area contributed by atoms with Gasteiger partial charge in [-0.3, -0.25) is 9.78 Å². The average molecular weight is 325 g/mol. The van der Waals surface area contributed by atoms with Gasteiger partial charge in [0, 0.05) is 30.3 Å². The molecule has 3 rings (SSSR count). The highest BCUT2D eigenvalue weighted by Gasteiger charge is 2.09. The Morgan fingerprint density at radius 3 is 2.83 bits per heavy atom. The highest BCUT2D eigenvalue weighted by Crippen LogP contribution is 2.23. The Morgan fingerprint density at radius 2 is 2.13 bits per heavy atom. The number of nitrogens with one attached hydrogen (secondary N) is 1. The summed E-state index contributed by atoms with van der Waals surface area (Å²) in [4.78, 5) is 24.1. The van der Waals surface area contributed by atoms with Crippen LogP contribution in [0.2, 0.25) is 0 Å². The molecule has 0 amide bonds. The Kier molecular flexibility index (Phi) is 4.38. The number of aromatic nitrogens is 4. The Labute approximate surface area is 137 Å². The second kappa shape index (κ2) is 6.62. The number of rotatable bonds is 5. The second-order valence-electron chi connectivity index (χ2n) is 5.15. The lowest BCUT2D eigenvalue weighted by Gasteiger charge is -2.03. The van der Waals surface area contributed by atoms with Crippen LogP contribution < -0.4 is 5.32 Å². The summed E-state index contributed by atoms with van der Waals surface area (Å²) in [5, 5.41) is 3.82. The molecular weight excluding hydrogens is 310 g/mol. The Balaban J connectivity index is 1.76. The molecule has 3 aromatic heterocycles. The summed E-state index contributed by atoms with van der Waals surface area (Å²) in [7, 11) is 0. The normalized spacial score (nSPS) is 10.5. The smallest absolute Gasteiger partial charge is 0.208 e.